The van der Waals surface area contributed by atoms with Crippen LogP contribution < -0.4 is 10.6 Å². The van der Waals surface area contributed by atoms with E-state index in [9.17, 15) is 9.59 Å². The van der Waals surface area contributed by atoms with Crippen LogP contribution in [-0.2, 0) is 11.2 Å². The van der Waals surface area contributed by atoms with Crippen LogP contribution >= 0.6 is 0 Å². The van der Waals surface area contributed by atoms with E-state index in [0.29, 0.717) is 12.5 Å². The van der Waals surface area contributed by atoms with E-state index in [-0.39, 0.29) is 30.1 Å². The summed E-state index contributed by atoms with van der Waals surface area (Å²) in [6, 6.07) is 10.4. The molecule has 3 aliphatic rings. The molecule has 5 nitrogen and oxygen atoms in total. The monoisotopic (exact) mass is 369 g/mol. The van der Waals surface area contributed by atoms with Crippen molar-refractivity contribution in [2.45, 2.75) is 75.9 Å². The number of amides is 3. The van der Waals surface area contributed by atoms with Gasteiger partial charge in [0.15, 0.2) is 0 Å². The first-order chi connectivity index (χ1) is 13.2. The first-order valence-electron chi connectivity index (χ1n) is 10.6. The van der Waals surface area contributed by atoms with E-state index in [1.807, 2.05) is 23.1 Å². The lowest BCUT2D eigenvalue weighted by Gasteiger charge is -2.36. The summed E-state index contributed by atoms with van der Waals surface area (Å²) in [5.74, 6) is 0.348. The molecule has 4 rings (SSSR count). The molecule has 0 aromatic heterocycles. The maximum absolute atomic E-state index is 12.9. The molecule has 1 heterocycles. The Hall–Kier alpha value is -2.04. The largest absolute Gasteiger partial charge is 0.354 e. The molecule has 3 unspecified atom stereocenters. The van der Waals surface area contributed by atoms with Crippen LogP contribution in [0, 0.1) is 5.92 Å². The number of piperidine rings is 1. The molecule has 5 heteroatoms. The van der Waals surface area contributed by atoms with Crippen molar-refractivity contribution in [3.63, 3.8) is 0 Å². The molecule has 0 radical (unpaired) electrons. The summed E-state index contributed by atoms with van der Waals surface area (Å²) >= 11 is 0. The van der Waals surface area contributed by atoms with E-state index in [0.717, 1.165) is 38.5 Å². The number of likely N-dealkylation sites (tertiary alicyclic amines) is 1. The van der Waals surface area contributed by atoms with Crippen molar-refractivity contribution in [1.82, 2.24) is 15.5 Å². The van der Waals surface area contributed by atoms with Crippen molar-refractivity contribution in [2.75, 3.05) is 6.54 Å². The minimum Gasteiger partial charge on any atom is -0.354 e. The normalized spacial score (nSPS) is 27.6. The third kappa shape index (κ3) is 4.12. The molecule has 3 fully saturated rings. The number of urea groups is 1. The zero-order valence-electron chi connectivity index (χ0n) is 16.0. The number of hydrogen-bond acceptors (Lipinski definition) is 2. The number of nitrogens with zero attached hydrogens (tertiary/aromatic N) is 1. The molecule has 1 aliphatic heterocycles. The van der Waals surface area contributed by atoms with Gasteiger partial charge in [-0.15, -0.1) is 0 Å². The van der Waals surface area contributed by atoms with Gasteiger partial charge in [-0.3, -0.25) is 4.79 Å². The van der Waals surface area contributed by atoms with E-state index in [1.165, 1.54) is 24.8 Å². The van der Waals surface area contributed by atoms with E-state index in [1.54, 1.807) is 0 Å². The second-order valence-electron chi connectivity index (χ2n) is 8.39. The number of fused-ring (bicyclic) bond motifs is 2. The minimum absolute atomic E-state index is 0.0164. The Morgan fingerprint density at radius 1 is 1.00 bits per heavy atom. The molecule has 3 amide bonds. The molecule has 146 valence electrons. The van der Waals surface area contributed by atoms with Crippen molar-refractivity contribution in [3.8, 4) is 0 Å². The van der Waals surface area contributed by atoms with Crippen molar-refractivity contribution in [2.24, 2.45) is 5.92 Å². The molecular formula is C22H31N3O2. The predicted molar refractivity (Wildman–Crippen MR) is 105 cm³/mol. The highest BCUT2D eigenvalue weighted by Gasteiger charge is 2.51. The van der Waals surface area contributed by atoms with Gasteiger partial charge < -0.3 is 15.5 Å². The van der Waals surface area contributed by atoms with Crippen LogP contribution in [0.4, 0.5) is 4.79 Å². The first-order valence-corrected chi connectivity index (χ1v) is 10.6. The van der Waals surface area contributed by atoms with Gasteiger partial charge in [-0.1, -0.05) is 49.6 Å². The van der Waals surface area contributed by atoms with Gasteiger partial charge >= 0.3 is 6.03 Å². The molecule has 3 atom stereocenters. The van der Waals surface area contributed by atoms with E-state index < -0.39 is 0 Å². The highest BCUT2D eigenvalue weighted by molar-refractivity contribution is 5.88. The molecule has 2 N–H and O–H groups in total. The molecule has 2 saturated carbocycles. The fraction of sp³-hybridized carbons (Fsp3) is 0.636. The van der Waals surface area contributed by atoms with Gasteiger partial charge in [0.2, 0.25) is 5.91 Å². The van der Waals surface area contributed by atoms with Crippen LogP contribution in [0.25, 0.3) is 0 Å². The third-order valence-corrected chi connectivity index (χ3v) is 6.58. The Bertz CT molecular complexity index is 657. The number of benzene rings is 1. The zero-order valence-corrected chi connectivity index (χ0v) is 16.0. The molecule has 1 aromatic rings. The smallest absolute Gasteiger partial charge is 0.318 e. The zero-order chi connectivity index (χ0) is 18.6. The van der Waals surface area contributed by atoms with Gasteiger partial charge in [-0.2, -0.15) is 0 Å². The van der Waals surface area contributed by atoms with E-state index >= 15 is 0 Å². The van der Waals surface area contributed by atoms with E-state index in [4.69, 9.17) is 0 Å². The second kappa shape index (κ2) is 8.32. The van der Waals surface area contributed by atoms with Crippen LogP contribution in [0.2, 0.25) is 0 Å². The van der Waals surface area contributed by atoms with Crippen LogP contribution in [0.5, 0.6) is 0 Å². The number of carbonyl (C=O) groups excluding carboxylic acids is 2. The van der Waals surface area contributed by atoms with Crippen molar-refractivity contribution in [3.05, 3.63) is 35.9 Å². The quantitative estimate of drug-likeness (QED) is 0.837. The summed E-state index contributed by atoms with van der Waals surface area (Å²) in [5.41, 5.74) is 1.22. The lowest BCUT2D eigenvalue weighted by molar-refractivity contribution is -0.126. The van der Waals surface area contributed by atoms with Crippen molar-refractivity contribution in [1.29, 1.82) is 0 Å². The topological polar surface area (TPSA) is 61.4 Å². The Labute approximate surface area is 161 Å². The average Bonchev–Trinajstić information content (AvgIpc) is 3.31. The number of carbonyl (C=O) groups is 2. The summed E-state index contributed by atoms with van der Waals surface area (Å²) in [6.07, 6.45) is 9.71. The lowest BCUT2D eigenvalue weighted by Crippen LogP contribution is -2.57. The second-order valence-corrected chi connectivity index (χ2v) is 8.39. The molecule has 2 aliphatic carbocycles. The summed E-state index contributed by atoms with van der Waals surface area (Å²) in [4.78, 5) is 27.7. The molecule has 27 heavy (non-hydrogen) atoms. The number of rotatable bonds is 5. The van der Waals surface area contributed by atoms with Gasteiger partial charge in [0.1, 0.15) is 6.04 Å². The SMILES string of the molecule is O=C(NCCc1ccccc1)C1C2CCC(C2)N1C(=O)NC1CCCCC1. The average molecular weight is 370 g/mol. The van der Waals surface area contributed by atoms with Gasteiger partial charge in [0.05, 0.1) is 0 Å². The highest BCUT2D eigenvalue weighted by Crippen LogP contribution is 2.42. The number of hydrogen-bond donors (Lipinski definition) is 2. The molecule has 2 bridgehead atoms. The van der Waals surface area contributed by atoms with Crippen LogP contribution in [0.1, 0.15) is 56.9 Å². The highest BCUT2D eigenvalue weighted by atomic mass is 16.2. The van der Waals surface area contributed by atoms with Crippen LogP contribution in [-0.4, -0.2) is 41.5 Å². The summed E-state index contributed by atoms with van der Waals surface area (Å²) < 4.78 is 0. The molecule has 0 spiro atoms. The van der Waals surface area contributed by atoms with Gasteiger partial charge in [0.25, 0.3) is 0 Å². The van der Waals surface area contributed by atoms with Gasteiger partial charge in [-0.25, -0.2) is 4.79 Å². The molecule has 1 aromatic carbocycles. The first kappa shape index (κ1) is 18.3. The Morgan fingerprint density at radius 3 is 2.56 bits per heavy atom. The summed E-state index contributed by atoms with van der Waals surface area (Å²) in [5, 5.41) is 6.31. The third-order valence-electron chi connectivity index (χ3n) is 6.58. The lowest BCUT2D eigenvalue weighted by atomic mass is 9.95. The Balaban J connectivity index is 1.34. The van der Waals surface area contributed by atoms with Crippen LogP contribution in [0.3, 0.4) is 0 Å². The predicted octanol–water partition coefficient (Wildman–Crippen LogP) is 3.24. The Morgan fingerprint density at radius 2 is 1.78 bits per heavy atom. The maximum Gasteiger partial charge on any atom is 0.318 e. The standard InChI is InChI=1S/C22H31N3O2/c26-21(23-14-13-16-7-3-1-4-8-16)20-17-11-12-19(15-17)25(20)22(27)24-18-9-5-2-6-10-18/h1,3-4,7-8,17-20H,2,5-6,9-15H2,(H,23,26)(H,24,27). The summed E-state index contributed by atoms with van der Waals surface area (Å²) in [7, 11) is 0. The Kier molecular flexibility index (Phi) is 5.65. The molecular weight excluding hydrogens is 338 g/mol. The van der Waals surface area contributed by atoms with Gasteiger partial charge in [0, 0.05) is 18.6 Å². The summed E-state index contributed by atoms with van der Waals surface area (Å²) in [6.45, 7) is 0.620. The van der Waals surface area contributed by atoms with E-state index in [2.05, 4.69) is 22.8 Å². The minimum atomic E-state index is -0.289. The van der Waals surface area contributed by atoms with Crippen molar-refractivity contribution >= 4 is 11.9 Å². The number of nitrogens with one attached hydrogen (secondary N) is 2. The molecule has 1 saturated heterocycles. The van der Waals surface area contributed by atoms with Crippen molar-refractivity contribution < 1.29 is 9.59 Å². The maximum atomic E-state index is 12.9. The fourth-order valence-electron chi connectivity index (χ4n) is 5.19. The van der Waals surface area contributed by atoms with Crippen LogP contribution in [0.15, 0.2) is 30.3 Å². The van der Waals surface area contributed by atoms with Gasteiger partial charge in [-0.05, 0) is 50.0 Å². The fourth-order valence-corrected chi connectivity index (χ4v) is 5.19.